The van der Waals surface area contributed by atoms with Crippen molar-refractivity contribution in [2.75, 3.05) is 0 Å². The summed E-state index contributed by atoms with van der Waals surface area (Å²) < 4.78 is 0. The molecule has 72 valence electrons. The highest BCUT2D eigenvalue weighted by Gasteiger charge is 2.22. The molecule has 0 radical (unpaired) electrons. The zero-order valence-corrected chi connectivity index (χ0v) is 9.21. The van der Waals surface area contributed by atoms with Crippen molar-refractivity contribution >= 4 is 17.6 Å². The molecule has 2 rings (SSSR count). The molecule has 1 aliphatic rings. The van der Waals surface area contributed by atoms with Crippen LogP contribution in [0, 0.1) is 6.92 Å². The zero-order chi connectivity index (χ0) is 10.0. The second-order valence-electron chi connectivity index (χ2n) is 3.67. The fourth-order valence-electron chi connectivity index (χ4n) is 1.48. The predicted molar refractivity (Wildman–Crippen MR) is 63.2 cm³/mol. The second kappa shape index (κ2) is 3.54. The number of hydrogen-bond acceptors (Lipinski definition) is 2. The van der Waals surface area contributed by atoms with Gasteiger partial charge >= 0.3 is 0 Å². The Morgan fingerprint density at radius 1 is 1.29 bits per heavy atom. The lowest BCUT2D eigenvalue weighted by atomic mass is 9.88. The van der Waals surface area contributed by atoms with Crippen LogP contribution in [-0.4, -0.2) is 6.21 Å². The van der Waals surface area contributed by atoms with E-state index in [9.17, 15) is 0 Å². The highest BCUT2D eigenvalue weighted by molar-refractivity contribution is 7.12. The zero-order valence-electron chi connectivity index (χ0n) is 8.40. The lowest BCUT2D eigenvalue weighted by molar-refractivity contribution is 0.777. The number of aliphatic imine (C=N–C) groups is 1. The molecule has 1 nitrogen and oxygen atoms in total. The van der Waals surface area contributed by atoms with Gasteiger partial charge in [-0.2, -0.15) is 0 Å². The summed E-state index contributed by atoms with van der Waals surface area (Å²) in [5.41, 5.74) is 0.00935. The summed E-state index contributed by atoms with van der Waals surface area (Å²) >= 11 is 1.84. The minimum absolute atomic E-state index is 0.00935. The maximum absolute atomic E-state index is 4.11. The van der Waals surface area contributed by atoms with E-state index < -0.39 is 0 Å². The quantitative estimate of drug-likeness (QED) is 0.662. The standard InChI is InChI=1S/C12H13NS/c1-10-4-5-11(14-10)12(2)6-3-8-13-9-7-12/h3-9H,1-2H3. The van der Waals surface area contributed by atoms with Crippen LogP contribution in [0.5, 0.6) is 0 Å². The van der Waals surface area contributed by atoms with Crippen molar-refractivity contribution in [3.63, 3.8) is 0 Å². The molecule has 0 spiro atoms. The first-order chi connectivity index (χ1) is 6.71. The third kappa shape index (κ3) is 1.70. The van der Waals surface area contributed by atoms with E-state index in [-0.39, 0.29) is 5.41 Å². The van der Waals surface area contributed by atoms with Crippen LogP contribution in [0.15, 0.2) is 41.6 Å². The van der Waals surface area contributed by atoms with Crippen molar-refractivity contribution in [3.05, 3.63) is 46.3 Å². The first-order valence-corrected chi connectivity index (χ1v) is 5.48. The Labute approximate surface area is 88.5 Å². The summed E-state index contributed by atoms with van der Waals surface area (Å²) in [7, 11) is 0. The van der Waals surface area contributed by atoms with Gasteiger partial charge in [0.25, 0.3) is 0 Å². The van der Waals surface area contributed by atoms with Crippen molar-refractivity contribution in [2.45, 2.75) is 19.3 Å². The van der Waals surface area contributed by atoms with Crippen LogP contribution < -0.4 is 0 Å². The first kappa shape index (κ1) is 9.41. The molecule has 0 N–H and O–H groups in total. The van der Waals surface area contributed by atoms with Gasteiger partial charge in [0.05, 0.1) is 0 Å². The van der Waals surface area contributed by atoms with E-state index in [1.807, 2.05) is 29.8 Å². The largest absolute Gasteiger partial charge is 0.265 e. The van der Waals surface area contributed by atoms with Gasteiger partial charge < -0.3 is 0 Å². The maximum Gasteiger partial charge on any atom is 0.0399 e. The molecule has 0 fully saturated rings. The lowest BCUT2D eigenvalue weighted by Crippen LogP contribution is -2.12. The van der Waals surface area contributed by atoms with E-state index in [1.165, 1.54) is 9.75 Å². The summed E-state index contributed by atoms with van der Waals surface area (Å²) in [6.07, 6.45) is 10.0. The first-order valence-electron chi connectivity index (χ1n) is 4.66. The molecule has 1 aromatic heterocycles. The highest BCUT2D eigenvalue weighted by Crippen LogP contribution is 2.33. The molecule has 0 bridgehead atoms. The van der Waals surface area contributed by atoms with Gasteiger partial charge in [0.15, 0.2) is 0 Å². The second-order valence-corrected chi connectivity index (χ2v) is 4.95. The van der Waals surface area contributed by atoms with Gasteiger partial charge in [-0.1, -0.05) is 12.2 Å². The Kier molecular flexibility index (Phi) is 2.38. The molecule has 0 saturated carbocycles. The van der Waals surface area contributed by atoms with Crippen LogP contribution in [0.4, 0.5) is 0 Å². The molecule has 0 aliphatic carbocycles. The number of thiophene rings is 1. The van der Waals surface area contributed by atoms with Crippen LogP contribution in [0.1, 0.15) is 16.7 Å². The van der Waals surface area contributed by atoms with E-state index in [0.29, 0.717) is 0 Å². The monoisotopic (exact) mass is 203 g/mol. The average molecular weight is 203 g/mol. The molecule has 1 unspecified atom stereocenters. The lowest BCUT2D eigenvalue weighted by Gasteiger charge is -2.18. The van der Waals surface area contributed by atoms with Gasteiger partial charge in [-0.15, -0.1) is 11.3 Å². The van der Waals surface area contributed by atoms with Crippen molar-refractivity contribution in [3.8, 4) is 0 Å². The Balaban J connectivity index is 2.41. The maximum atomic E-state index is 4.11. The number of rotatable bonds is 1. The van der Waals surface area contributed by atoms with Gasteiger partial charge in [0, 0.05) is 27.6 Å². The van der Waals surface area contributed by atoms with E-state index in [1.54, 1.807) is 0 Å². The van der Waals surface area contributed by atoms with Gasteiger partial charge in [0.1, 0.15) is 0 Å². The molecule has 1 atom stereocenters. The smallest absolute Gasteiger partial charge is 0.0399 e. The molecule has 1 aliphatic heterocycles. The van der Waals surface area contributed by atoms with Crippen molar-refractivity contribution in [2.24, 2.45) is 4.99 Å². The van der Waals surface area contributed by atoms with Gasteiger partial charge in [-0.3, -0.25) is 4.99 Å². The summed E-state index contributed by atoms with van der Waals surface area (Å²) in [5, 5.41) is 0. The number of hydrogen-bond donors (Lipinski definition) is 0. The van der Waals surface area contributed by atoms with E-state index in [0.717, 1.165) is 0 Å². The van der Waals surface area contributed by atoms with Crippen LogP contribution in [0.25, 0.3) is 0 Å². The summed E-state index contributed by atoms with van der Waals surface area (Å²) in [4.78, 5) is 6.83. The van der Waals surface area contributed by atoms with E-state index in [2.05, 4.69) is 43.1 Å². The SMILES string of the molecule is Cc1ccc(C2(C)C=CC=NC=C2)s1. The van der Waals surface area contributed by atoms with Gasteiger partial charge in [-0.05, 0) is 32.1 Å². The molecular formula is C12H13NS. The van der Waals surface area contributed by atoms with E-state index in [4.69, 9.17) is 0 Å². The van der Waals surface area contributed by atoms with Crippen LogP contribution in [0.2, 0.25) is 0 Å². The fraction of sp³-hybridized carbons (Fsp3) is 0.250. The summed E-state index contributed by atoms with van der Waals surface area (Å²) in [5.74, 6) is 0. The predicted octanol–water partition coefficient (Wildman–Crippen LogP) is 3.47. The molecule has 2 heteroatoms. The molecule has 0 aromatic carbocycles. The van der Waals surface area contributed by atoms with Crippen LogP contribution in [-0.2, 0) is 5.41 Å². The minimum atomic E-state index is 0.00935. The molecular weight excluding hydrogens is 190 g/mol. The third-order valence-corrected chi connectivity index (χ3v) is 3.65. The Morgan fingerprint density at radius 3 is 2.86 bits per heavy atom. The molecule has 0 amide bonds. The van der Waals surface area contributed by atoms with E-state index >= 15 is 0 Å². The van der Waals surface area contributed by atoms with Crippen molar-refractivity contribution in [1.82, 2.24) is 0 Å². The average Bonchev–Trinajstić information content (AvgIpc) is 2.47. The number of nitrogens with zero attached hydrogens (tertiary/aromatic N) is 1. The number of aryl methyl sites for hydroxylation is 1. The third-order valence-electron chi connectivity index (χ3n) is 2.39. The normalized spacial score (nSPS) is 25.3. The number of allylic oxidation sites excluding steroid dienone is 3. The van der Waals surface area contributed by atoms with Crippen LogP contribution in [0.3, 0.4) is 0 Å². The minimum Gasteiger partial charge on any atom is -0.265 e. The topological polar surface area (TPSA) is 12.4 Å². The van der Waals surface area contributed by atoms with Crippen LogP contribution >= 0.6 is 11.3 Å². The summed E-state index contributed by atoms with van der Waals surface area (Å²) in [6, 6.07) is 4.36. The van der Waals surface area contributed by atoms with Gasteiger partial charge in [-0.25, -0.2) is 0 Å². The Bertz CT molecular complexity index is 394. The highest BCUT2D eigenvalue weighted by atomic mass is 32.1. The van der Waals surface area contributed by atoms with Gasteiger partial charge in [0.2, 0.25) is 0 Å². The molecule has 0 saturated heterocycles. The van der Waals surface area contributed by atoms with Crippen molar-refractivity contribution < 1.29 is 0 Å². The Morgan fingerprint density at radius 2 is 2.14 bits per heavy atom. The van der Waals surface area contributed by atoms with Crippen molar-refractivity contribution in [1.29, 1.82) is 0 Å². The summed E-state index contributed by atoms with van der Waals surface area (Å²) in [6.45, 7) is 4.35. The molecule has 14 heavy (non-hydrogen) atoms. The molecule has 1 aromatic rings. The molecule has 2 heterocycles. The fourth-order valence-corrected chi connectivity index (χ4v) is 2.46. The Hall–Kier alpha value is -1.15.